The highest BCUT2D eigenvalue weighted by molar-refractivity contribution is 5.92. The SMILES string of the molecule is CCOC(=O)CCNC(=O)c1cc(C)nn1CC. The maximum atomic E-state index is 11.9. The summed E-state index contributed by atoms with van der Waals surface area (Å²) >= 11 is 0. The van der Waals surface area contributed by atoms with E-state index in [0.29, 0.717) is 18.8 Å². The van der Waals surface area contributed by atoms with E-state index in [9.17, 15) is 9.59 Å². The average molecular weight is 253 g/mol. The van der Waals surface area contributed by atoms with Crippen LogP contribution in [0, 0.1) is 6.92 Å². The van der Waals surface area contributed by atoms with Crippen LogP contribution in [0.15, 0.2) is 6.07 Å². The predicted molar refractivity (Wildman–Crippen MR) is 66.2 cm³/mol. The second kappa shape index (κ2) is 6.78. The number of rotatable bonds is 6. The van der Waals surface area contributed by atoms with Gasteiger partial charge < -0.3 is 10.1 Å². The van der Waals surface area contributed by atoms with Gasteiger partial charge in [0.2, 0.25) is 0 Å². The summed E-state index contributed by atoms with van der Waals surface area (Å²) in [6.07, 6.45) is 0.179. The van der Waals surface area contributed by atoms with Crippen molar-refractivity contribution in [3.05, 3.63) is 17.5 Å². The first kappa shape index (κ1) is 14.2. The first-order chi connectivity index (χ1) is 8.58. The number of esters is 1. The van der Waals surface area contributed by atoms with Crippen molar-refractivity contribution in [2.24, 2.45) is 0 Å². The Morgan fingerprint density at radius 2 is 2.17 bits per heavy atom. The zero-order valence-corrected chi connectivity index (χ0v) is 11.0. The van der Waals surface area contributed by atoms with E-state index in [-0.39, 0.29) is 24.8 Å². The van der Waals surface area contributed by atoms with Crippen LogP contribution in [0.3, 0.4) is 0 Å². The van der Waals surface area contributed by atoms with Gasteiger partial charge in [-0.2, -0.15) is 5.10 Å². The van der Waals surface area contributed by atoms with Gasteiger partial charge in [0.15, 0.2) is 0 Å². The molecule has 18 heavy (non-hydrogen) atoms. The maximum absolute atomic E-state index is 11.9. The Kier molecular flexibility index (Phi) is 5.35. The molecular formula is C12H19N3O3. The van der Waals surface area contributed by atoms with E-state index in [1.807, 2.05) is 13.8 Å². The fourth-order valence-electron chi connectivity index (χ4n) is 1.57. The molecule has 6 nitrogen and oxygen atoms in total. The molecule has 0 unspecified atom stereocenters. The van der Waals surface area contributed by atoms with Crippen LogP contribution < -0.4 is 5.32 Å². The highest BCUT2D eigenvalue weighted by Gasteiger charge is 2.13. The molecule has 6 heteroatoms. The second-order valence-electron chi connectivity index (χ2n) is 3.80. The van der Waals surface area contributed by atoms with Crippen molar-refractivity contribution >= 4 is 11.9 Å². The Morgan fingerprint density at radius 1 is 1.44 bits per heavy atom. The van der Waals surface area contributed by atoms with E-state index in [4.69, 9.17) is 4.74 Å². The first-order valence-corrected chi connectivity index (χ1v) is 6.06. The lowest BCUT2D eigenvalue weighted by molar-refractivity contribution is -0.142. The summed E-state index contributed by atoms with van der Waals surface area (Å²) in [7, 11) is 0. The number of carbonyl (C=O) groups is 2. The molecule has 0 aliphatic heterocycles. The fourth-order valence-corrected chi connectivity index (χ4v) is 1.57. The molecule has 0 fully saturated rings. The monoisotopic (exact) mass is 253 g/mol. The van der Waals surface area contributed by atoms with Crippen LogP contribution in [0.25, 0.3) is 0 Å². The number of ether oxygens (including phenoxy) is 1. The number of hydrogen-bond acceptors (Lipinski definition) is 4. The molecule has 0 aliphatic rings. The molecule has 0 saturated heterocycles. The molecule has 1 aromatic rings. The van der Waals surface area contributed by atoms with Crippen LogP contribution in [0.4, 0.5) is 0 Å². The van der Waals surface area contributed by atoms with Crippen molar-refractivity contribution in [2.75, 3.05) is 13.2 Å². The van der Waals surface area contributed by atoms with Gasteiger partial charge in [0.25, 0.3) is 5.91 Å². The van der Waals surface area contributed by atoms with E-state index < -0.39 is 0 Å². The van der Waals surface area contributed by atoms with Crippen molar-refractivity contribution in [1.82, 2.24) is 15.1 Å². The van der Waals surface area contributed by atoms with Gasteiger partial charge in [-0.25, -0.2) is 0 Å². The second-order valence-corrected chi connectivity index (χ2v) is 3.80. The number of nitrogens with zero attached hydrogens (tertiary/aromatic N) is 2. The van der Waals surface area contributed by atoms with Gasteiger partial charge in [0.1, 0.15) is 5.69 Å². The van der Waals surface area contributed by atoms with Crippen LogP contribution in [-0.4, -0.2) is 34.8 Å². The summed E-state index contributed by atoms with van der Waals surface area (Å²) < 4.78 is 6.40. The lowest BCUT2D eigenvalue weighted by Gasteiger charge is -2.06. The lowest BCUT2D eigenvalue weighted by Crippen LogP contribution is -2.28. The largest absolute Gasteiger partial charge is 0.466 e. The van der Waals surface area contributed by atoms with Gasteiger partial charge in [0.05, 0.1) is 18.7 Å². The number of aromatic nitrogens is 2. The molecule has 1 rings (SSSR count). The fraction of sp³-hybridized carbons (Fsp3) is 0.583. The smallest absolute Gasteiger partial charge is 0.307 e. The predicted octanol–water partition coefficient (Wildman–Crippen LogP) is 0.894. The van der Waals surface area contributed by atoms with E-state index in [1.165, 1.54) is 0 Å². The summed E-state index contributed by atoms with van der Waals surface area (Å²) in [5, 5.41) is 6.86. The number of aryl methyl sites for hydroxylation is 2. The van der Waals surface area contributed by atoms with Crippen molar-refractivity contribution in [3.8, 4) is 0 Å². The van der Waals surface area contributed by atoms with Crippen molar-refractivity contribution in [3.63, 3.8) is 0 Å². The molecule has 0 atom stereocenters. The lowest BCUT2D eigenvalue weighted by atomic mass is 10.3. The van der Waals surface area contributed by atoms with E-state index in [0.717, 1.165) is 5.69 Å². The standard InChI is InChI=1S/C12H19N3O3/c1-4-15-10(8-9(3)14-15)12(17)13-7-6-11(16)18-5-2/h8H,4-7H2,1-3H3,(H,13,17). The molecule has 0 aromatic carbocycles. The third-order valence-electron chi connectivity index (χ3n) is 2.35. The zero-order valence-electron chi connectivity index (χ0n) is 11.0. The Hall–Kier alpha value is -1.85. The summed E-state index contributed by atoms with van der Waals surface area (Å²) in [4.78, 5) is 23.0. The van der Waals surface area contributed by atoms with Crippen LogP contribution in [-0.2, 0) is 16.1 Å². The van der Waals surface area contributed by atoms with E-state index in [1.54, 1.807) is 17.7 Å². The molecule has 1 heterocycles. The van der Waals surface area contributed by atoms with Gasteiger partial charge in [-0.05, 0) is 26.8 Å². The normalized spacial score (nSPS) is 10.2. The van der Waals surface area contributed by atoms with E-state index >= 15 is 0 Å². The van der Waals surface area contributed by atoms with Crippen LogP contribution in [0.2, 0.25) is 0 Å². The minimum Gasteiger partial charge on any atom is -0.466 e. The summed E-state index contributed by atoms with van der Waals surface area (Å²) in [5.41, 5.74) is 1.31. The Labute approximate surface area is 106 Å². The van der Waals surface area contributed by atoms with Gasteiger partial charge in [-0.1, -0.05) is 0 Å². The average Bonchev–Trinajstić information content (AvgIpc) is 2.70. The molecule has 0 bridgehead atoms. The van der Waals surface area contributed by atoms with Crippen LogP contribution >= 0.6 is 0 Å². The quantitative estimate of drug-likeness (QED) is 0.764. The number of carbonyl (C=O) groups excluding carboxylic acids is 2. The Balaban J connectivity index is 2.47. The van der Waals surface area contributed by atoms with Gasteiger partial charge in [0, 0.05) is 13.1 Å². The molecule has 0 radical (unpaired) electrons. The third-order valence-corrected chi connectivity index (χ3v) is 2.35. The summed E-state index contributed by atoms with van der Waals surface area (Å²) in [6, 6.07) is 1.73. The number of amides is 1. The van der Waals surface area contributed by atoms with Crippen molar-refractivity contribution in [2.45, 2.75) is 33.7 Å². The third kappa shape index (κ3) is 3.87. The van der Waals surface area contributed by atoms with Crippen LogP contribution in [0.1, 0.15) is 36.5 Å². The molecule has 1 amide bonds. The Bertz CT molecular complexity index is 426. The topological polar surface area (TPSA) is 73.2 Å². The highest BCUT2D eigenvalue weighted by atomic mass is 16.5. The summed E-state index contributed by atoms with van der Waals surface area (Å²) in [6.45, 7) is 6.76. The number of hydrogen-bond donors (Lipinski definition) is 1. The molecule has 0 aliphatic carbocycles. The van der Waals surface area contributed by atoms with Crippen molar-refractivity contribution in [1.29, 1.82) is 0 Å². The van der Waals surface area contributed by atoms with Crippen LogP contribution in [0.5, 0.6) is 0 Å². The maximum Gasteiger partial charge on any atom is 0.307 e. The highest BCUT2D eigenvalue weighted by Crippen LogP contribution is 2.03. The molecule has 1 aromatic heterocycles. The number of nitrogens with one attached hydrogen (secondary N) is 1. The van der Waals surface area contributed by atoms with Gasteiger partial charge in [-0.15, -0.1) is 0 Å². The molecule has 100 valence electrons. The minimum atomic E-state index is -0.307. The molecular weight excluding hydrogens is 234 g/mol. The molecule has 0 spiro atoms. The molecule has 0 saturated carbocycles. The van der Waals surface area contributed by atoms with Crippen molar-refractivity contribution < 1.29 is 14.3 Å². The van der Waals surface area contributed by atoms with Gasteiger partial charge >= 0.3 is 5.97 Å². The van der Waals surface area contributed by atoms with E-state index in [2.05, 4.69) is 10.4 Å². The molecule has 1 N–H and O–H groups in total. The summed E-state index contributed by atoms with van der Waals surface area (Å²) in [5.74, 6) is -0.528. The minimum absolute atomic E-state index is 0.179. The Morgan fingerprint density at radius 3 is 2.78 bits per heavy atom. The zero-order chi connectivity index (χ0) is 13.5. The van der Waals surface area contributed by atoms with Gasteiger partial charge in [-0.3, -0.25) is 14.3 Å². The first-order valence-electron chi connectivity index (χ1n) is 6.06.